The Morgan fingerprint density at radius 3 is 3.06 bits per heavy atom. The standard InChI is InChI=1S/C12H15ClN2S/c1-10-9-15-11(14-10)5-4-6-12(15)16-8-3-2-7-13/h4-6,9H,2-3,7-8H2,1H3. The Hall–Kier alpha value is -0.670. The fraction of sp³-hybridized carbons (Fsp3) is 0.417. The average Bonchev–Trinajstić information content (AvgIpc) is 2.65. The first-order chi connectivity index (χ1) is 7.81. The second-order valence-corrected chi connectivity index (χ2v) is 5.21. The Morgan fingerprint density at radius 1 is 1.38 bits per heavy atom. The largest absolute Gasteiger partial charge is 0.294 e. The second kappa shape index (κ2) is 5.60. The van der Waals surface area contributed by atoms with Gasteiger partial charge in [-0.25, -0.2) is 4.98 Å². The molecule has 0 aliphatic carbocycles. The maximum Gasteiger partial charge on any atom is 0.137 e. The lowest BCUT2D eigenvalue weighted by molar-refractivity contribution is 0.899. The van der Waals surface area contributed by atoms with Crippen molar-refractivity contribution < 1.29 is 0 Å². The molecule has 2 heterocycles. The zero-order chi connectivity index (χ0) is 11.4. The van der Waals surface area contributed by atoms with Crippen LogP contribution in [0.2, 0.25) is 0 Å². The van der Waals surface area contributed by atoms with Gasteiger partial charge in [-0.05, 0) is 37.7 Å². The van der Waals surface area contributed by atoms with Crippen molar-refractivity contribution in [2.75, 3.05) is 11.6 Å². The van der Waals surface area contributed by atoms with E-state index in [2.05, 4.69) is 27.7 Å². The van der Waals surface area contributed by atoms with Crippen molar-refractivity contribution in [2.45, 2.75) is 24.8 Å². The maximum atomic E-state index is 5.66. The molecule has 2 nitrogen and oxygen atoms in total. The quantitative estimate of drug-likeness (QED) is 0.459. The first-order valence-corrected chi connectivity index (χ1v) is 6.97. The van der Waals surface area contributed by atoms with Gasteiger partial charge in [-0.3, -0.25) is 4.40 Å². The molecule has 0 aliphatic rings. The number of nitrogens with zero attached hydrogens (tertiary/aromatic N) is 2. The number of rotatable bonds is 5. The minimum atomic E-state index is 0.759. The Bertz CT molecular complexity index is 467. The molecule has 2 rings (SSSR count). The maximum absolute atomic E-state index is 5.66. The first-order valence-electron chi connectivity index (χ1n) is 5.45. The fourth-order valence-electron chi connectivity index (χ4n) is 1.60. The van der Waals surface area contributed by atoms with E-state index < -0.39 is 0 Å². The number of halogens is 1. The molecule has 0 aliphatic heterocycles. The van der Waals surface area contributed by atoms with Gasteiger partial charge in [0.05, 0.1) is 10.7 Å². The monoisotopic (exact) mass is 254 g/mol. The molecular formula is C12H15ClN2S. The van der Waals surface area contributed by atoms with Gasteiger partial charge in [-0.2, -0.15) is 0 Å². The Balaban J connectivity index is 2.11. The van der Waals surface area contributed by atoms with Crippen molar-refractivity contribution in [2.24, 2.45) is 0 Å². The molecule has 16 heavy (non-hydrogen) atoms. The summed E-state index contributed by atoms with van der Waals surface area (Å²) in [6.07, 6.45) is 4.34. The molecule has 0 spiro atoms. The lowest BCUT2D eigenvalue weighted by Crippen LogP contribution is -1.89. The minimum absolute atomic E-state index is 0.759. The zero-order valence-electron chi connectivity index (χ0n) is 9.32. The summed E-state index contributed by atoms with van der Waals surface area (Å²) in [4.78, 5) is 4.45. The number of fused-ring (bicyclic) bond motifs is 1. The van der Waals surface area contributed by atoms with E-state index >= 15 is 0 Å². The lowest BCUT2D eigenvalue weighted by atomic mass is 10.4. The summed E-state index contributed by atoms with van der Waals surface area (Å²) in [5, 5.41) is 1.26. The van der Waals surface area contributed by atoms with Crippen molar-refractivity contribution in [1.29, 1.82) is 0 Å². The van der Waals surface area contributed by atoms with E-state index in [0.717, 1.165) is 35.8 Å². The molecule has 0 radical (unpaired) electrons. The summed E-state index contributed by atoms with van der Waals surface area (Å²) >= 11 is 7.52. The zero-order valence-corrected chi connectivity index (χ0v) is 10.9. The van der Waals surface area contributed by atoms with Crippen LogP contribution in [0.5, 0.6) is 0 Å². The summed E-state index contributed by atoms with van der Waals surface area (Å²) < 4.78 is 2.15. The van der Waals surface area contributed by atoms with Crippen LogP contribution in [0.25, 0.3) is 5.65 Å². The predicted molar refractivity (Wildman–Crippen MR) is 70.6 cm³/mol. The van der Waals surface area contributed by atoms with Gasteiger partial charge in [0.1, 0.15) is 5.65 Å². The van der Waals surface area contributed by atoms with Crippen LogP contribution in [0.15, 0.2) is 29.4 Å². The number of imidazole rings is 1. The van der Waals surface area contributed by atoms with Gasteiger partial charge in [0.2, 0.25) is 0 Å². The molecule has 0 aromatic carbocycles. The van der Waals surface area contributed by atoms with E-state index in [9.17, 15) is 0 Å². The molecular weight excluding hydrogens is 240 g/mol. The summed E-state index contributed by atoms with van der Waals surface area (Å²) in [6, 6.07) is 6.24. The molecule has 0 saturated carbocycles. The van der Waals surface area contributed by atoms with E-state index in [1.54, 1.807) is 0 Å². The van der Waals surface area contributed by atoms with Crippen LogP contribution in [-0.4, -0.2) is 21.0 Å². The molecule has 0 amide bonds. The highest BCUT2D eigenvalue weighted by molar-refractivity contribution is 7.99. The van der Waals surface area contributed by atoms with E-state index in [4.69, 9.17) is 11.6 Å². The van der Waals surface area contributed by atoms with E-state index in [0.29, 0.717) is 0 Å². The van der Waals surface area contributed by atoms with Gasteiger partial charge in [-0.1, -0.05) is 6.07 Å². The third kappa shape index (κ3) is 2.71. The number of hydrogen-bond donors (Lipinski definition) is 0. The van der Waals surface area contributed by atoms with Crippen LogP contribution < -0.4 is 0 Å². The molecule has 0 unspecified atom stereocenters. The fourth-order valence-corrected chi connectivity index (χ4v) is 2.80. The molecule has 86 valence electrons. The molecule has 4 heteroatoms. The number of aryl methyl sites for hydroxylation is 1. The highest BCUT2D eigenvalue weighted by Gasteiger charge is 2.02. The predicted octanol–water partition coefficient (Wildman–Crippen LogP) is 3.75. The van der Waals surface area contributed by atoms with Gasteiger partial charge >= 0.3 is 0 Å². The minimum Gasteiger partial charge on any atom is -0.294 e. The SMILES string of the molecule is Cc1cn2c(SCCCCCl)cccc2n1. The topological polar surface area (TPSA) is 17.3 Å². The van der Waals surface area contributed by atoms with E-state index in [1.165, 1.54) is 5.03 Å². The van der Waals surface area contributed by atoms with E-state index in [-0.39, 0.29) is 0 Å². The molecule has 0 N–H and O–H groups in total. The normalized spacial score (nSPS) is 11.1. The molecule has 0 fully saturated rings. The van der Waals surface area contributed by atoms with Crippen LogP contribution in [0.3, 0.4) is 0 Å². The van der Waals surface area contributed by atoms with Gasteiger partial charge in [0.15, 0.2) is 0 Å². The summed E-state index contributed by atoms with van der Waals surface area (Å²) in [6.45, 7) is 2.02. The number of alkyl halides is 1. The van der Waals surface area contributed by atoms with Gasteiger partial charge in [0, 0.05) is 12.1 Å². The van der Waals surface area contributed by atoms with Crippen LogP contribution in [-0.2, 0) is 0 Å². The number of pyridine rings is 1. The second-order valence-electron chi connectivity index (χ2n) is 3.72. The Kier molecular flexibility index (Phi) is 4.13. The number of unbranched alkanes of at least 4 members (excludes halogenated alkanes) is 1. The van der Waals surface area contributed by atoms with Gasteiger partial charge in [0.25, 0.3) is 0 Å². The number of aromatic nitrogens is 2. The molecule has 0 atom stereocenters. The third-order valence-electron chi connectivity index (χ3n) is 2.35. The highest BCUT2D eigenvalue weighted by Crippen LogP contribution is 2.21. The van der Waals surface area contributed by atoms with Crippen LogP contribution in [0.1, 0.15) is 18.5 Å². The van der Waals surface area contributed by atoms with Gasteiger partial charge in [-0.15, -0.1) is 23.4 Å². The summed E-state index contributed by atoms with van der Waals surface area (Å²) in [5.74, 6) is 1.87. The van der Waals surface area contributed by atoms with E-state index in [1.807, 2.05) is 24.8 Å². The molecule has 2 aromatic heterocycles. The lowest BCUT2D eigenvalue weighted by Gasteiger charge is -2.04. The van der Waals surface area contributed by atoms with Crippen LogP contribution in [0, 0.1) is 6.92 Å². The molecule has 0 saturated heterocycles. The summed E-state index contributed by atoms with van der Waals surface area (Å²) in [7, 11) is 0. The Morgan fingerprint density at radius 2 is 2.25 bits per heavy atom. The highest BCUT2D eigenvalue weighted by atomic mass is 35.5. The molecule has 0 bridgehead atoms. The van der Waals surface area contributed by atoms with Crippen LogP contribution >= 0.6 is 23.4 Å². The molecule has 2 aromatic rings. The average molecular weight is 255 g/mol. The Labute approximate surface area is 105 Å². The summed E-state index contributed by atoms with van der Waals surface area (Å²) in [5.41, 5.74) is 2.09. The number of thioether (sulfide) groups is 1. The number of hydrogen-bond acceptors (Lipinski definition) is 2. The van der Waals surface area contributed by atoms with Crippen LogP contribution in [0.4, 0.5) is 0 Å². The third-order valence-corrected chi connectivity index (χ3v) is 3.74. The van der Waals surface area contributed by atoms with Crippen molar-refractivity contribution in [3.05, 3.63) is 30.1 Å². The van der Waals surface area contributed by atoms with Crippen molar-refractivity contribution in [3.8, 4) is 0 Å². The van der Waals surface area contributed by atoms with Gasteiger partial charge < -0.3 is 0 Å². The smallest absolute Gasteiger partial charge is 0.137 e. The first kappa shape index (κ1) is 11.8. The van der Waals surface area contributed by atoms with Crippen molar-refractivity contribution >= 4 is 29.0 Å². The van der Waals surface area contributed by atoms with Crippen molar-refractivity contribution in [1.82, 2.24) is 9.38 Å². The van der Waals surface area contributed by atoms with Crippen molar-refractivity contribution in [3.63, 3.8) is 0 Å².